The number of nitrogens with zero attached hydrogens (tertiary/aromatic N) is 1. The van der Waals surface area contributed by atoms with Gasteiger partial charge in [-0.3, -0.25) is 9.59 Å². The molecule has 1 N–H and O–H groups in total. The molecule has 2 aromatic carbocycles. The Morgan fingerprint density at radius 2 is 1.61 bits per heavy atom. The number of carbonyl (C=O) groups is 2. The molecule has 8 heteroatoms. The second-order valence-electron chi connectivity index (χ2n) is 7.50. The Bertz CT molecular complexity index is 885. The summed E-state index contributed by atoms with van der Waals surface area (Å²) in [6, 6.07) is 11.3. The van der Waals surface area contributed by atoms with E-state index in [0.717, 1.165) is 0 Å². The van der Waals surface area contributed by atoms with Crippen molar-refractivity contribution in [2.75, 3.05) is 13.2 Å². The Balaban J connectivity index is 2.28. The van der Waals surface area contributed by atoms with E-state index in [1.54, 1.807) is 42.5 Å². The summed E-state index contributed by atoms with van der Waals surface area (Å²) in [5, 5.41) is 4.16. The van der Waals surface area contributed by atoms with Crippen LogP contribution in [0.3, 0.4) is 0 Å². The monoisotopic (exact) mass is 484 g/mol. The van der Waals surface area contributed by atoms with E-state index in [1.165, 1.54) is 4.90 Å². The zero-order valence-electron chi connectivity index (χ0n) is 17.8. The summed E-state index contributed by atoms with van der Waals surface area (Å²) in [6.07, 6.45) is 0.420. The van der Waals surface area contributed by atoms with Crippen LogP contribution in [0.2, 0.25) is 15.1 Å². The number of amides is 2. The van der Waals surface area contributed by atoms with Crippen molar-refractivity contribution in [2.45, 2.75) is 39.8 Å². The summed E-state index contributed by atoms with van der Waals surface area (Å²) in [6.45, 7) is 6.18. The molecule has 0 saturated carbocycles. The molecular weight excluding hydrogens is 459 g/mol. The van der Waals surface area contributed by atoms with Crippen LogP contribution in [0.25, 0.3) is 0 Å². The van der Waals surface area contributed by atoms with E-state index in [2.05, 4.69) is 5.32 Å². The van der Waals surface area contributed by atoms with Crippen molar-refractivity contribution < 1.29 is 14.3 Å². The predicted molar refractivity (Wildman–Crippen MR) is 126 cm³/mol. The number of nitrogens with one attached hydrogen (secondary N) is 1. The van der Waals surface area contributed by atoms with Gasteiger partial charge in [0.05, 0.1) is 5.02 Å². The smallest absolute Gasteiger partial charge is 0.261 e. The van der Waals surface area contributed by atoms with E-state index in [9.17, 15) is 9.59 Å². The standard InChI is InChI=1S/C23H27Cl3N2O3/c1-4-20(23(30)27-12-15(2)3)28(13-16-17(24)9-7-10-18(16)25)22(29)14-31-21-11-6-5-8-19(21)26/h5-11,15,20H,4,12-14H2,1-3H3,(H,27,30)/t20-/m0/s1. The fourth-order valence-electron chi connectivity index (χ4n) is 2.98. The number of ether oxygens (including phenoxy) is 1. The minimum absolute atomic E-state index is 0.0802. The van der Waals surface area contributed by atoms with E-state index < -0.39 is 6.04 Å². The lowest BCUT2D eigenvalue weighted by molar-refractivity contribution is -0.143. The Labute approximate surface area is 198 Å². The lowest BCUT2D eigenvalue weighted by Gasteiger charge is -2.31. The third kappa shape index (κ3) is 7.30. The van der Waals surface area contributed by atoms with Gasteiger partial charge in [-0.25, -0.2) is 0 Å². The van der Waals surface area contributed by atoms with Crippen molar-refractivity contribution in [1.29, 1.82) is 0 Å². The van der Waals surface area contributed by atoms with Gasteiger partial charge in [0.2, 0.25) is 5.91 Å². The molecule has 31 heavy (non-hydrogen) atoms. The molecule has 0 radical (unpaired) electrons. The zero-order chi connectivity index (χ0) is 23.0. The highest BCUT2D eigenvalue weighted by atomic mass is 35.5. The van der Waals surface area contributed by atoms with Gasteiger partial charge in [-0.2, -0.15) is 0 Å². The summed E-state index contributed by atoms with van der Waals surface area (Å²) in [7, 11) is 0. The summed E-state index contributed by atoms with van der Waals surface area (Å²) < 4.78 is 5.63. The molecule has 5 nitrogen and oxygen atoms in total. The number of rotatable bonds is 10. The lowest BCUT2D eigenvalue weighted by Crippen LogP contribution is -2.50. The SMILES string of the molecule is CC[C@@H](C(=O)NCC(C)C)N(Cc1c(Cl)cccc1Cl)C(=O)COc1ccccc1Cl. The first kappa shape index (κ1) is 25.3. The summed E-state index contributed by atoms with van der Waals surface area (Å²) >= 11 is 18.8. The van der Waals surface area contributed by atoms with Crippen molar-refractivity contribution in [1.82, 2.24) is 10.2 Å². The third-order valence-electron chi connectivity index (χ3n) is 4.65. The van der Waals surface area contributed by atoms with Crippen molar-refractivity contribution in [3.8, 4) is 5.75 Å². The average Bonchev–Trinajstić information content (AvgIpc) is 2.73. The van der Waals surface area contributed by atoms with Crippen molar-refractivity contribution >= 4 is 46.6 Å². The van der Waals surface area contributed by atoms with Crippen LogP contribution in [0.1, 0.15) is 32.8 Å². The van der Waals surface area contributed by atoms with Gasteiger partial charge in [-0.1, -0.05) is 73.8 Å². The maximum Gasteiger partial charge on any atom is 0.261 e. The second-order valence-corrected chi connectivity index (χ2v) is 8.73. The van der Waals surface area contributed by atoms with Crippen LogP contribution in [0, 0.1) is 5.92 Å². The van der Waals surface area contributed by atoms with Crippen LogP contribution in [-0.2, 0) is 16.1 Å². The molecule has 1 atom stereocenters. The number of hydrogen-bond donors (Lipinski definition) is 1. The molecule has 0 spiro atoms. The molecule has 0 aliphatic heterocycles. The van der Waals surface area contributed by atoms with Gasteiger partial charge in [0.1, 0.15) is 11.8 Å². The number of benzene rings is 2. The van der Waals surface area contributed by atoms with E-state index in [1.807, 2.05) is 20.8 Å². The van der Waals surface area contributed by atoms with Gasteiger partial charge < -0.3 is 15.0 Å². The highest BCUT2D eigenvalue weighted by Gasteiger charge is 2.30. The fourth-order valence-corrected chi connectivity index (χ4v) is 3.69. The van der Waals surface area contributed by atoms with E-state index in [0.29, 0.717) is 39.3 Å². The molecule has 0 fully saturated rings. The van der Waals surface area contributed by atoms with Crippen molar-refractivity contribution in [3.63, 3.8) is 0 Å². The Morgan fingerprint density at radius 1 is 1.00 bits per heavy atom. The van der Waals surface area contributed by atoms with Gasteiger partial charge in [-0.15, -0.1) is 0 Å². The van der Waals surface area contributed by atoms with Crippen LogP contribution < -0.4 is 10.1 Å². The van der Waals surface area contributed by atoms with Crippen LogP contribution in [-0.4, -0.2) is 35.9 Å². The van der Waals surface area contributed by atoms with Crippen LogP contribution in [0.5, 0.6) is 5.75 Å². The summed E-state index contributed by atoms with van der Waals surface area (Å²) in [5.74, 6) is 0.0747. The minimum atomic E-state index is -0.701. The molecule has 2 amide bonds. The summed E-state index contributed by atoms with van der Waals surface area (Å²) in [4.78, 5) is 27.5. The zero-order valence-corrected chi connectivity index (χ0v) is 20.1. The number of para-hydroxylation sites is 1. The maximum absolute atomic E-state index is 13.2. The Hall–Kier alpha value is -1.95. The Kier molecular flexibility index (Phi) is 9.94. The quantitative estimate of drug-likeness (QED) is 0.476. The predicted octanol–water partition coefficient (Wildman–Crippen LogP) is 5.61. The molecule has 168 valence electrons. The summed E-state index contributed by atoms with van der Waals surface area (Å²) in [5.41, 5.74) is 0.576. The first-order valence-corrected chi connectivity index (χ1v) is 11.2. The minimum Gasteiger partial charge on any atom is -0.482 e. The van der Waals surface area contributed by atoms with E-state index >= 15 is 0 Å². The first-order valence-electron chi connectivity index (χ1n) is 10.1. The van der Waals surface area contributed by atoms with Crippen molar-refractivity contribution in [3.05, 3.63) is 63.1 Å². The number of carbonyl (C=O) groups excluding carboxylic acids is 2. The molecule has 0 unspecified atom stereocenters. The number of hydrogen-bond acceptors (Lipinski definition) is 3. The topological polar surface area (TPSA) is 58.6 Å². The molecular formula is C23H27Cl3N2O3. The molecule has 0 aliphatic rings. The highest BCUT2D eigenvalue weighted by Crippen LogP contribution is 2.27. The van der Waals surface area contributed by atoms with Gasteiger partial charge >= 0.3 is 0 Å². The van der Waals surface area contributed by atoms with Crippen LogP contribution in [0.4, 0.5) is 0 Å². The lowest BCUT2D eigenvalue weighted by atomic mass is 10.1. The molecule has 0 saturated heterocycles. The molecule has 0 heterocycles. The largest absolute Gasteiger partial charge is 0.482 e. The first-order chi connectivity index (χ1) is 14.7. The highest BCUT2D eigenvalue weighted by molar-refractivity contribution is 6.36. The molecule has 2 rings (SSSR count). The molecule has 0 aliphatic carbocycles. The second kappa shape index (κ2) is 12.2. The van der Waals surface area contributed by atoms with Gasteiger partial charge in [0.25, 0.3) is 5.91 Å². The van der Waals surface area contributed by atoms with Gasteiger partial charge in [0.15, 0.2) is 6.61 Å². The third-order valence-corrected chi connectivity index (χ3v) is 5.67. The Morgan fingerprint density at radius 3 is 2.19 bits per heavy atom. The van der Waals surface area contributed by atoms with E-state index in [4.69, 9.17) is 39.5 Å². The fraction of sp³-hybridized carbons (Fsp3) is 0.391. The number of halogens is 3. The van der Waals surface area contributed by atoms with Crippen LogP contribution in [0.15, 0.2) is 42.5 Å². The molecule has 0 bridgehead atoms. The normalized spacial score (nSPS) is 11.8. The molecule has 0 aromatic heterocycles. The van der Waals surface area contributed by atoms with Crippen molar-refractivity contribution in [2.24, 2.45) is 5.92 Å². The average molecular weight is 486 g/mol. The van der Waals surface area contributed by atoms with Crippen LogP contribution >= 0.6 is 34.8 Å². The van der Waals surface area contributed by atoms with E-state index in [-0.39, 0.29) is 30.9 Å². The maximum atomic E-state index is 13.2. The van der Waals surface area contributed by atoms with Gasteiger partial charge in [-0.05, 0) is 36.6 Å². The van der Waals surface area contributed by atoms with Gasteiger partial charge in [0, 0.05) is 28.7 Å². The molecule has 2 aromatic rings.